The predicted molar refractivity (Wildman–Crippen MR) is 61.1 cm³/mol. The molecule has 0 aromatic heterocycles. The van der Waals surface area contributed by atoms with Crippen molar-refractivity contribution in [1.82, 2.24) is 0 Å². The van der Waals surface area contributed by atoms with Crippen molar-refractivity contribution < 1.29 is 0 Å². The highest BCUT2D eigenvalue weighted by Crippen LogP contribution is 2.53. The van der Waals surface area contributed by atoms with E-state index in [0.717, 1.165) is 17.8 Å². The van der Waals surface area contributed by atoms with Gasteiger partial charge in [0.1, 0.15) is 0 Å². The molecule has 2 N–H and O–H groups in total. The Balaban J connectivity index is 1.84. The molecule has 1 nitrogen and oxygen atoms in total. The van der Waals surface area contributed by atoms with Crippen molar-refractivity contribution >= 4 is 0 Å². The van der Waals surface area contributed by atoms with Crippen LogP contribution in [0.5, 0.6) is 0 Å². The topological polar surface area (TPSA) is 26.0 Å². The molecular formula is C13H25N. The summed E-state index contributed by atoms with van der Waals surface area (Å²) >= 11 is 0. The third kappa shape index (κ3) is 1.84. The van der Waals surface area contributed by atoms with E-state index in [1.165, 1.54) is 44.9 Å². The monoisotopic (exact) mass is 195 g/mol. The van der Waals surface area contributed by atoms with Crippen molar-refractivity contribution in [3.8, 4) is 0 Å². The van der Waals surface area contributed by atoms with Crippen LogP contribution < -0.4 is 5.73 Å². The third-order valence-electron chi connectivity index (χ3n) is 4.61. The number of hydrogen-bond acceptors (Lipinski definition) is 1. The molecule has 0 aromatic rings. The smallest absolute Gasteiger partial charge is 0.0215 e. The molecule has 0 bridgehead atoms. The zero-order valence-electron chi connectivity index (χ0n) is 9.76. The summed E-state index contributed by atoms with van der Waals surface area (Å²) in [4.78, 5) is 0. The van der Waals surface area contributed by atoms with Gasteiger partial charge in [-0.3, -0.25) is 0 Å². The molecule has 2 fully saturated rings. The van der Waals surface area contributed by atoms with E-state index in [4.69, 9.17) is 5.73 Å². The van der Waals surface area contributed by atoms with E-state index in [9.17, 15) is 0 Å². The normalized spacial score (nSPS) is 47.8. The number of hydrogen-bond donors (Lipinski definition) is 1. The van der Waals surface area contributed by atoms with Gasteiger partial charge in [-0.1, -0.05) is 33.1 Å². The molecular weight excluding hydrogens is 170 g/mol. The van der Waals surface area contributed by atoms with E-state index in [1.807, 2.05) is 0 Å². The van der Waals surface area contributed by atoms with Gasteiger partial charge in [0.15, 0.2) is 0 Å². The second-order valence-corrected chi connectivity index (χ2v) is 5.76. The molecule has 2 aliphatic carbocycles. The molecule has 2 aliphatic rings. The second kappa shape index (κ2) is 3.84. The van der Waals surface area contributed by atoms with Crippen LogP contribution in [-0.2, 0) is 0 Å². The zero-order chi connectivity index (χ0) is 10.2. The highest BCUT2D eigenvalue weighted by molar-refractivity contribution is 5.11. The fraction of sp³-hybridized carbons (Fsp3) is 1.00. The molecule has 2 rings (SSSR count). The van der Waals surface area contributed by atoms with Crippen LogP contribution in [0.25, 0.3) is 0 Å². The Morgan fingerprint density at radius 2 is 1.86 bits per heavy atom. The molecule has 2 atom stereocenters. The van der Waals surface area contributed by atoms with Crippen LogP contribution in [0.3, 0.4) is 0 Å². The van der Waals surface area contributed by atoms with Gasteiger partial charge in [-0.2, -0.15) is 0 Å². The fourth-order valence-electron chi connectivity index (χ4n) is 3.38. The Labute approximate surface area is 88.4 Å². The van der Waals surface area contributed by atoms with Gasteiger partial charge in [0.25, 0.3) is 0 Å². The second-order valence-electron chi connectivity index (χ2n) is 5.76. The molecule has 0 spiro atoms. The molecule has 0 saturated heterocycles. The zero-order valence-corrected chi connectivity index (χ0v) is 9.76. The van der Waals surface area contributed by atoms with E-state index in [0.29, 0.717) is 0 Å². The van der Waals surface area contributed by atoms with Crippen LogP contribution in [0.2, 0.25) is 0 Å². The third-order valence-corrected chi connectivity index (χ3v) is 4.61. The first-order valence-corrected chi connectivity index (χ1v) is 6.45. The maximum atomic E-state index is 6.50. The molecule has 82 valence electrons. The highest BCUT2D eigenvalue weighted by Gasteiger charge is 2.54. The van der Waals surface area contributed by atoms with Gasteiger partial charge >= 0.3 is 0 Å². The maximum Gasteiger partial charge on any atom is 0.0215 e. The first-order chi connectivity index (χ1) is 6.66. The molecule has 0 amide bonds. The quantitative estimate of drug-likeness (QED) is 0.734. The van der Waals surface area contributed by atoms with Crippen LogP contribution in [0.1, 0.15) is 58.8 Å². The lowest BCUT2D eigenvalue weighted by atomic mass is 9.77. The Hall–Kier alpha value is -0.0400. The molecule has 0 heterocycles. The fourth-order valence-corrected chi connectivity index (χ4v) is 3.38. The molecule has 14 heavy (non-hydrogen) atoms. The molecule has 0 radical (unpaired) electrons. The summed E-state index contributed by atoms with van der Waals surface area (Å²) in [5, 5.41) is 0. The van der Waals surface area contributed by atoms with Crippen LogP contribution in [0, 0.1) is 17.8 Å². The summed E-state index contributed by atoms with van der Waals surface area (Å²) < 4.78 is 0. The van der Waals surface area contributed by atoms with E-state index < -0.39 is 0 Å². The van der Waals surface area contributed by atoms with Crippen molar-refractivity contribution in [2.45, 2.75) is 64.3 Å². The summed E-state index contributed by atoms with van der Waals surface area (Å²) in [6.45, 7) is 4.66. The van der Waals surface area contributed by atoms with Gasteiger partial charge in [-0.05, 0) is 43.4 Å². The van der Waals surface area contributed by atoms with E-state index in [2.05, 4.69) is 13.8 Å². The lowest BCUT2D eigenvalue weighted by Crippen LogP contribution is -2.37. The Morgan fingerprint density at radius 1 is 1.21 bits per heavy atom. The number of rotatable bonds is 3. The molecule has 0 aromatic carbocycles. The van der Waals surface area contributed by atoms with Crippen molar-refractivity contribution in [2.24, 2.45) is 23.5 Å². The predicted octanol–water partition coefficient (Wildman–Crippen LogP) is 3.33. The first kappa shape index (κ1) is 10.5. The summed E-state index contributed by atoms with van der Waals surface area (Å²) in [6, 6.07) is 0. The van der Waals surface area contributed by atoms with Gasteiger partial charge in [-0.25, -0.2) is 0 Å². The largest absolute Gasteiger partial charge is 0.325 e. The first-order valence-electron chi connectivity index (χ1n) is 6.45. The van der Waals surface area contributed by atoms with Crippen molar-refractivity contribution in [2.75, 3.05) is 0 Å². The summed E-state index contributed by atoms with van der Waals surface area (Å²) in [7, 11) is 0. The van der Waals surface area contributed by atoms with E-state index in [-0.39, 0.29) is 5.54 Å². The van der Waals surface area contributed by atoms with E-state index in [1.54, 1.807) is 0 Å². The van der Waals surface area contributed by atoms with Crippen molar-refractivity contribution in [1.29, 1.82) is 0 Å². The van der Waals surface area contributed by atoms with Crippen LogP contribution in [0.4, 0.5) is 0 Å². The minimum atomic E-state index is 0.274. The van der Waals surface area contributed by atoms with Gasteiger partial charge in [0, 0.05) is 5.54 Å². The van der Waals surface area contributed by atoms with E-state index >= 15 is 0 Å². The van der Waals surface area contributed by atoms with Gasteiger partial charge in [-0.15, -0.1) is 0 Å². The average Bonchev–Trinajstić information content (AvgIpc) is 2.80. The Bertz CT molecular complexity index is 193. The minimum Gasteiger partial charge on any atom is -0.325 e. The molecule has 2 unspecified atom stereocenters. The Kier molecular flexibility index (Phi) is 2.88. The standard InChI is InChI=1S/C13H25N/c1-3-4-12-9-13(12,14)11-7-5-10(2)6-8-11/h10-12H,3-9,14H2,1-2H3. The SMILES string of the molecule is CCCC1CC1(N)C1CCC(C)CC1. The van der Waals surface area contributed by atoms with Crippen LogP contribution in [0.15, 0.2) is 0 Å². The van der Waals surface area contributed by atoms with Gasteiger partial charge in [0.05, 0.1) is 0 Å². The lowest BCUT2D eigenvalue weighted by molar-refractivity contribution is 0.232. The highest BCUT2D eigenvalue weighted by atomic mass is 14.9. The van der Waals surface area contributed by atoms with Crippen LogP contribution in [-0.4, -0.2) is 5.54 Å². The summed E-state index contributed by atoms with van der Waals surface area (Å²) in [6.07, 6.45) is 9.63. The molecule has 0 aliphatic heterocycles. The van der Waals surface area contributed by atoms with Crippen LogP contribution >= 0.6 is 0 Å². The summed E-state index contributed by atoms with van der Waals surface area (Å²) in [5.41, 5.74) is 6.77. The average molecular weight is 195 g/mol. The minimum absolute atomic E-state index is 0.274. The maximum absolute atomic E-state index is 6.50. The van der Waals surface area contributed by atoms with Crippen molar-refractivity contribution in [3.05, 3.63) is 0 Å². The molecule has 1 heteroatoms. The van der Waals surface area contributed by atoms with Gasteiger partial charge in [0.2, 0.25) is 0 Å². The molecule has 2 saturated carbocycles. The lowest BCUT2D eigenvalue weighted by Gasteiger charge is -2.31. The number of nitrogens with two attached hydrogens (primary N) is 1. The summed E-state index contributed by atoms with van der Waals surface area (Å²) in [5.74, 6) is 2.68. The van der Waals surface area contributed by atoms with Crippen molar-refractivity contribution in [3.63, 3.8) is 0 Å². The van der Waals surface area contributed by atoms with Gasteiger partial charge < -0.3 is 5.73 Å². The Morgan fingerprint density at radius 3 is 2.43 bits per heavy atom.